The molecule has 0 saturated heterocycles. The average Bonchev–Trinajstić information content (AvgIpc) is 2.33. The van der Waals surface area contributed by atoms with Crippen LogP contribution < -0.4 is 5.32 Å². The van der Waals surface area contributed by atoms with E-state index in [0.29, 0.717) is 13.1 Å². The zero-order valence-corrected chi connectivity index (χ0v) is 11.1. The van der Waals surface area contributed by atoms with Crippen molar-refractivity contribution in [2.24, 2.45) is 11.3 Å². The molecule has 102 valence electrons. The first kappa shape index (κ1) is 14.9. The van der Waals surface area contributed by atoms with Gasteiger partial charge in [-0.2, -0.15) is 0 Å². The van der Waals surface area contributed by atoms with Crippen LogP contribution in [0.4, 0.5) is 0 Å². The van der Waals surface area contributed by atoms with Crippen molar-refractivity contribution in [2.45, 2.75) is 45.1 Å². The van der Waals surface area contributed by atoms with Gasteiger partial charge in [0, 0.05) is 18.5 Å². The van der Waals surface area contributed by atoms with Crippen molar-refractivity contribution < 1.29 is 15.3 Å². The largest absolute Gasteiger partial charge is 0.396 e. The molecule has 0 spiro atoms. The van der Waals surface area contributed by atoms with Crippen LogP contribution in [0.1, 0.15) is 39.5 Å². The maximum atomic E-state index is 10.3. The zero-order valence-electron chi connectivity index (χ0n) is 11.1. The van der Waals surface area contributed by atoms with E-state index in [1.807, 2.05) is 6.92 Å². The summed E-state index contributed by atoms with van der Waals surface area (Å²) in [6.07, 6.45) is 3.84. The first-order valence-electron chi connectivity index (χ1n) is 6.58. The van der Waals surface area contributed by atoms with Crippen molar-refractivity contribution in [2.75, 3.05) is 26.3 Å². The predicted octanol–water partition coefficient (Wildman–Crippen LogP) is 0.508. The molecule has 0 bridgehead atoms. The van der Waals surface area contributed by atoms with E-state index in [-0.39, 0.29) is 13.2 Å². The molecule has 4 N–H and O–H groups in total. The Morgan fingerprint density at radius 1 is 1.24 bits per heavy atom. The molecule has 0 heterocycles. The standard InChI is InChI=1S/C13H27NO3/c1-11-3-5-13(17,6-4-11)8-14-7-12(2,9-15)10-16/h11,14-17H,3-10H2,1-2H3. The first-order chi connectivity index (χ1) is 7.93. The van der Waals surface area contributed by atoms with Crippen LogP contribution in [-0.2, 0) is 0 Å². The quantitative estimate of drug-likeness (QED) is 0.550. The maximum Gasteiger partial charge on any atom is 0.0771 e. The lowest BCUT2D eigenvalue weighted by molar-refractivity contribution is -0.0114. The maximum absolute atomic E-state index is 10.3. The molecule has 0 atom stereocenters. The van der Waals surface area contributed by atoms with Crippen LogP contribution in [-0.4, -0.2) is 47.2 Å². The van der Waals surface area contributed by atoms with E-state index in [9.17, 15) is 5.11 Å². The monoisotopic (exact) mass is 245 g/mol. The minimum Gasteiger partial charge on any atom is -0.396 e. The summed E-state index contributed by atoms with van der Waals surface area (Å²) >= 11 is 0. The Kier molecular flexibility index (Phi) is 5.38. The van der Waals surface area contributed by atoms with E-state index in [4.69, 9.17) is 10.2 Å². The summed E-state index contributed by atoms with van der Waals surface area (Å²) in [5.74, 6) is 0.718. The number of hydrogen-bond acceptors (Lipinski definition) is 4. The van der Waals surface area contributed by atoms with E-state index >= 15 is 0 Å². The lowest BCUT2D eigenvalue weighted by Crippen LogP contribution is -2.47. The van der Waals surface area contributed by atoms with Crippen LogP contribution in [0, 0.1) is 11.3 Å². The van der Waals surface area contributed by atoms with Gasteiger partial charge in [-0.1, -0.05) is 13.8 Å². The van der Waals surface area contributed by atoms with Gasteiger partial charge >= 0.3 is 0 Å². The second-order valence-electron chi connectivity index (χ2n) is 6.14. The fourth-order valence-electron chi connectivity index (χ4n) is 2.24. The van der Waals surface area contributed by atoms with Crippen molar-refractivity contribution in [1.82, 2.24) is 5.32 Å². The van der Waals surface area contributed by atoms with Crippen molar-refractivity contribution in [3.8, 4) is 0 Å². The van der Waals surface area contributed by atoms with Gasteiger partial charge in [0.05, 0.1) is 18.8 Å². The summed E-state index contributed by atoms with van der Waals surface area (Å²) in [4.78, 5) is 0. The molecule has 0 aliphatic heterocycles. The van der Waals surface area contributed by atoms with Gasteiger partial charge in [0.15, 0.2) is 0 Å². The molecule has 17 heavy (non-hydrogen) atoms. The Morgan fingerprint density at radius 3 is 2.24 bits per heavy atom. The van der Waals surface area contributed by atoms with Crippen LogP contribution in [0.15, 0.2) is 0 Å². The van der Waals surface area contributed by atoms with Crippen LogP contribution in [0.2, 0.25) is 0 Å². The zero-order chi connectivity index (χ0) is 12.9. The molecule has 4 heteroatoms. The summed E-state index contributed by atoms with van der Waals surface area (Å²) in [5.41, 5.74) is -1.10. The molecule has 0 radical (unpaired) electrons. The highest BCUT2D eigenvalue weighted by molar-refractivity contribution is 4.87. The van der Waals surface area contributed by atoms with Crippen molar-refractivity contribution in [3.05, 3.63) is 0 Å². The van der Waals surface area contributed by atoms with Gasteiger partial charge in [-0.05, 0) is 31.6 Å². The summed E-state index contributed by atoms with van der Waals surface area (Å²) in [6.45, 7) is 5.03. The molecule has 1 aliphatic carbocycles. The minimum absolute atomic E-state index is 0.0496. The van der Waals surface area contributed by atoms with Crippen LogP contribution in [0.3, 0.4) is 0 Å². The first-order valence-corrected chi connectivity index (χ1v) is 6.58. The van der Waals surface area contributed by atoms with Gasteiger partial charge in [-0.15, -0.1) is 0 Å². The molecule has 4 nitrogen and oxygen atoms in total. The van der Waals surface area contributed by atoms with E-state index in [0.717, 1.165) is 31.6 Å². The summed E-state index contributed by atoms with van der Waals surface area (Å²) in [7, 11) is 0. The Morgan fingerprint density at radius 2 is 1.76 bits per heavy atom. The van der Waals surface area contributed by atoms with Gasteiger partial charge < -0.3 is 20.6 Å². The summed E-state index contributed by atoms with van der Waals surface area (Å²) in [6, 6.07) is 0. The summed E-state index contributed by atoms with van der Waals surface area (Å²) < 4.78 is 0. The number of aliphatic hydroxyl groups is 3. The third-order valence-corrected chi connectivity index (χ3v) is 3.97. The second-order valence-corrected chi connectivity index (χ2v) is 6.14. The molecule has 1 rings (SSSR count). The molecule has 1 aliphatic rings. The Hall–Kier alpha value is -0.160. The van der Waals surface area contributed by atoms with Crippen molar-refractivity contribution >= 4 is 0 Å². The molecule has 0 aromatic heterocycles. The molecule has 0 aromatic rings. The molecule has 1 fully saturated rings. The van der Waals surface area contributed by atoms with Crippen LogP contribution in [0.5, 0.6) is 0 Å². The predicted molar refractivity (Wildman–Crippen MR) is 67.7 cm³/mol. The van der Waals surface area contributed by atoms with E-state index in [1.54, 1.807) is 0 Å². The smallest absolute Gasteiger partial charge is 0.0771 e. The highest BCUT2D eigenvalue weighted by atomic mass is 16.3. The summed E-state index contributed by atoms with van der Waals surface area (Å²) in [5, 5.41) is 31.8. The molecule has 0 unspecified atom stereocenters. The topological polar surface area (TPSA) is 72.7 Å². The Balaban J connectivity index is 2.30. The highest BCUT2D eigenvalue weighted by Gasteiger charge is 2.32. The molecular formula is C13H27NO3. The van der Waals surface area contributed by atoms with Gasteiger partial charge in [0.2, 0.25) is 0 Å². The fraction of sp³-hybridized carbons (Fsp3) is 1.00. The van der Waals surface area contributed by atoms with Gasteiger partial charge in [-0.25, -0.2) is 0 Å². The SMILES string of the molecule is CC1CCC(O)(CNCC(C)(CO)CO)CC1. The lowest BCUT2D eigenvalue weighted by atomic mass is 9.79. The van der Waals surface area contributed by atoms with E-state index in [1.165, 1.54) is 0 Å². The number of hydrogen-bond donors (Lipinski definition) is 4. The van der Waals surface area contributed by atoms with Crippen LogP contribution >= 0.6 is 0 Å². The normalized spacial score (nSPS) is 30.5. The van der Waals surface area contributed by atoms with Crippen molar-refractivity contribution in [3.63, 3.8) is 0 Å². The second kappa shape index (κ2) is 6.14. The van der Waals surface area contributed by atoms with Crippen LogP contribution in [0.25, 0.3) is 0 Å². The fourth-order valence-corrected chi connectivity index (χ4v) is 2.24. The highest BCUT2D eigenvalue weighted by Crippen LogP contribution is 2.31. The third kappa shape index (κ3) is 4.54. The number of rotatable bonds is 6. The molecule has 1 saturated carbocycles. The molecular weight excluding hydrogens is 218 g/mol. The van der Waals surface area contributed by atoms with Gasteiger partial charge in [-0.3, -0.25) is 0 Å². The van der Waals surface area contributed by atoms with Gasteiger partial charge in [0.1, 0.15) is 0 Å². The molecule has 0 amide bonds. The van der Waals surface area contributed by atoms with Gasteiger partial charge in [0.25, 0.3) is 0 Å². The third-order valence-electron chi connectivity index (χ3n) is 3.97. The van der Waals surface area contributed by atoms with Crippen molar-refractivity contribution in [1.29, 1.82) is 0 Å². The minimum atomic E-state index is -0.599. The lowest BCUT2D eigenvalue weighted by Gasteiger charge is -2.36. The Labute approximate surface area is 104 Å². The molecule has 0 aromatic carbocycles. The average molecular weight is 245 g/mol. The van der Waals surface area contributed by atoms with E-state index in [2.05, 4.69) is 12.2 Å². The number of nitrogens with one attached hydrogen (secondary N) is 1. The Bertz CT molecular complexity index is 221. The number of aliphatic hydroxyl groups excluding tert-OH is 2. The van der Waals surface area contributed by atoms with E-state index < -0.39 is 11.0 Å².